The first-order chi connectivity index (χ1) is 8.69. The molecule has 1 atom stereocenters. The van der Waals surface area contributed by atoms with E-state index in [0.29, 0.717) is 23.8 Å². The van der Waals surface area contributed by atoms with Crippen molar-refractivity contribution < 1.29 is 9.47 Å². The zero-order valence-electron chi connectivity index (χ0n) is 11.3. The lowest BCUT2D eigenvalue weighted by Gasteiger charge is -2.28. The van der Waals surface area contributed by atoms with Gasteiger partial charge in [-0.2, -0.15) is 4.98 Å². The van der Waals surface area contributed by atoms with Crippen LogP contribution in [0.25, 0.3) is 0 Å². The van der Waals surface area contributed by atoms with Crippen LogP contribution >= 0.6 is 0 Å². The summed E-state index contributed by atoms with van der Waals surface area (Å²) in [6.07, 6.45) is 2.19. The average Bonchev–Trinajstić information content (AvgIpc) is 2.39. The maximum absolute atomic E-state index is 5.38. The summed E-state index contributed by atoms with van der Waals surface area (Å²) in [5.41, 5.74) is 0.906. The molecule has 1 unspecified atom stereocenters. The second-order valence-electron chi connectivity index (χ2n) is 4.76. The number of hydrogen-bond acceptors (Lipinski definition) is 5. The van der Waals surface area contributed by atoms with Gasteiger partial charge in [-0.3, -0.25) is 0 Å². The molecule has 0 aromatic carbocycles. The molecule has 0 aliphatic carbocycles. The fourth-order valence-corrected chi connectivity index (χ4v) is 2.25. The Morgan fingerprint density at radius 2 is 2.11 bits per heavy atom. The topological polar surface area (TPSA) is 56.3 Å². The second kappa shape index (κ2) is 6.00. The van der Waals surface area contributed by atoms with E-state index in [-0.39, 0.29) is 0 Å². The molecule has 100 valence electrons. The Bertz CT molecular complexity index is 392. The molecular formula is C13H21N3O2. The minimum absolute atomic E-state index is 0.348. The van der Waals surface area contributed by atoms with Crippen LogP contribution in [0.5, 0.6) is 5.88 Å². The normalized spacial score (nSPS) is 18.4. The number of hydrogen-bond donors (Lipinski definition) is 1. The van der Waals surface area contributed by atoms with Crippen LogP contribution in [0.2, 0.25) is 0 Å². The number of aromatic nitrogens is 2. The van der Waals surface area contributed by atoms with Crippen LogP contribution in [-0.2, 0) is 4.74 Å². The minimum atomic E-state index is 0.348. The van der Waals surface area contributed by atoms with Crippen molar-refractivity contribution in [2.24, 2.45) is 5.92 Å². The maximum atomic E-state index is 5.38. The highest BCUT2D eigenvalue weighted by Crippen LogP contribution is 2.21. The predicted octanol–water partition coefficient (Wildman–Crippen LogP) is 2.02. The van der Waals surface area contributed by atoms with E-state index >= 15 is 0 Å². The van der Waals surface area contributed by atoms with Crippen molar-refractivity contribution in [3.05, 3.63) is 11.8 Å². The highest BCUT2D eigenvalue weighted by atomic mass is 16.5. The van der Waals surface area contributed by atoms with Gasteiger partial charge in [0.1, 0.15) is 0 Å². The van der Waals surface area contributed by atoms with Gasteiger partial charge in [0, 0.05) is 31.0 Å². The first-order valence-electron chi connectivity index (χ1n) is 6.43. The second-order valence-corrected chi connectivity index (χ2v) is 4.76. The van der Waals surface area contributed by atoms with Gasteiger partial charge in [0.25, 0.3) is 0 Å². The SMILES string of the molecule is COc1cc(C)nc(NC(C)C2CCOCC2)n1. The fourth-order valence-electron chi connectivity index (χ4n) is 2.25. The molecule has 2 rings (SSSR count). The molecule has 5 nitrogen and oxygen atoms in total. The summed E-state index contributed by atoms with van der Waals surface area (Å²) in [6.45, 7) is 5.83. The highest BCUT2D eigenvalue weighted by Gasteiger charge is 2.21. The van der Waals surface area contributed by atoms with Crippen LogP contribution in [0.3, 0.4) is 0 Å². The first kappa shape index (κ1) is 13.1. The molecule has 2 heterocycles. The molecule has 0 spiro atoms. The number of rotatable bonds is 4. The fraction of sp³-hybridized carbons (Fsp3) is 0.692. The number of nitrogens with one attached hydrogen (secondary N) is 1. The summed E-state index contributed by atoms with van der Waals surface area (Å²) < 4.78 is 10.5. The van der Waals surface area contributed by atoms with Crippen LogP contribution < -0.4 is 10.1 Å². The van der Waals surface area contributed by atoms with Crippen molar-refractivity contribution >= 4 is 5.95 Å². The third-order valence-electron chi connectivity index (χ3n) is 3.37. The molecule has 1 saturated heterocycles. The molecule has 1 aromatic rings. The number of ether oxygens (including phenoxy) is 2. The summed E-state index contributed by atoms with van der Waals surface area (Å²) >= 11 is 0. The van der Waals surface area contributed by atoms with Gasteiger partial charge >= 0.3 is 0 Å². The molecule has 0 saturated carbocycles. The van der Waals surface area contributed by atoms with E-state index in [1.54, 1.807) is 7.11 Å². The maximum Gasteiger partial charge on any atom is 0.226 e. The van der Waals surface area contributed by atoms with Gasteiger partial charge in [0.05, 0.1) is 7.11 Å². The van der Waals surface area contributed by atoms with Crippen LogP contribution in [0.1, 0.15) is 25.5 Å². The Labute approximate surface area is 108 Å². The molecule has 1 aliphatic heterocycles. The molecule has 1 N–H and O–H groups in total. The van der Waals surface area contributed by atoms with Gasteiger partial charge in [-0.25, -0.2) is 4.98 Å². The molecule has 18 heavy (non-hydrogen) atoms. The Morgan fingerprint density at radius 1 is 1.39 bits per heavy atom. The van der Waals surface area contributed by atoms with Crippen molar-refractivity contribution in [3.63, 3.8) is 0 Å². The van der Waals surface area contributed by atoms with Gasteiger partial charge in [-0.15, -0.1) is 0 Å². The lowest BCUT2D eigenvalue weighted by Crippen LogP contribution is -2.31. The summed E-state index contributed by atoms with van der Waals surface area (Å²) in [5, 5.41) is 3.37. The largest absolute Gasteiger partial charge is 0.481 e. The summed E-state index contributed by atoms with van der Waals surface area (Å²) in [4.78, 5) is 8.69. The summed E-state index contributed by atoms with van der Waals surface area (Å²) in [7, 11) is 1.62. The lowest BCUT2D eigenvalue weighted by molar-refractivity contribution is 0.0621. The van der Waals surface area contributed by atoms with Crippen molar-refractivity contribution in [1.82, 2.24) is 9.97 Å². The standard InChI is InChI=1S/C13H21N3O2/c1-9-8-12(17-3)16-13(14-9)15-10(2)11-4-6-18-7-5-11/h8,10-11H,4-7H2,1-3H3,(H,14,15,16). The van der Waals surface area contributed by atoms with Gasteiger partial charge in [0.2, 0.25) is 11.8 Å². The van der Waals surface area contributed by atoms with Gasteiger partial charge < -0.3 is 14.8 Å². The van der Waals surface area contributed by atoms with Crippen molar-refractivity contribution in [2.45, 2.75) is 32.7 Å². The molecule has 5 heteroatoms. The van der Waals surface area contributed by atoms with E-state index < -0.39 is 0 Å². The van der Waals surface area contributed by atoms with E-state index in [4.69, 9.17) is 9.47 Å². The molecule has 1 aromatic heterocycles. The first-order valence-corrected chi connectivity index (χ1v) is 6.43. The number of methoxy groups -OCH3 is 1. The molecule has 0 amide bonds. The third kappa shape index (κ3) is 3.32. The van der Waals surface area contributed by atoms with Gasteiger partial charge in [0.15, 0.2) is 0 Å². The Morgan fingerprint density at radius 3 is 2.78 bits per heavy atom. The molecule has 0 radical (unpaired) electrons. The van der Waals surface area contributed by atoms with E-state index in [1.165, 1.54) is 0 Å². The monoisotopic (exact) mass is 251 g/mol. The van der Waals surface area contributed by atoms with E-state index in [1.807, 2.05) is 13.0 Å². The molecule has 1 aliphatic rings. The van der Waals surface area contributed by atoms with E-state index in [0.717, 1.165) is 31.7 Å². The number of anilines is 1. The Kier molecular flexibility index (Phi) is 4.36. The third-order valence-corrected chi connectivity index (χ3v) is 3.37. The van der Waals surface area contributed by atoms with Crippen molar-refractivity contribution in [2.75, 3.05) is 25.6 Å². The molecule has 0 bridgehead atoms. The van der Waals surface area contributed by atoms with Gasteiger partial charge in [-0.05, 0) is 32.6 Å². The van der Waals surface area contributed by atoms with Crippen LogP contribution in [-0.4, -0.2) is 36.3 Å². The number of nitrogens with zero attached hydrogens (tertiary/aromatic N) is 2. The van der Waals surface area contributed by atoms with Crippen LogP contribution in [0, 0.1) is 12.8 Å². The lowest BCUT2D eigenvalue weighted by atomic mass is 9.93. The highest BCUT2D eigenvalue weighted by molar-refractivity contribution is 5.31. The minimum Gasteiger partial charge on any atom is -0.481 e. The smallest absolute Gasteiger partial charge is 0.226 e. The summed E-state index contributed by atoms with van der Waals surface area (Å²) in [5.74, 6) is 1.86. The summed E-state index contributed by atoms with van der Waals surface area (Å²) in [6, 6.07) is 2.17. The average molecular weight is 251 g/mol. The zero-order valence-corrected chi connectivity index (χ0v) is 11.3. The molecule has 1 fully saturated rings. The zero-order chi connectivity index (χ0) is 13.0. The quantitative estimate of drug-likeness (QED) is 0.887. The van der Waals surface area contributed by atoms with Crippen LogP contribution in [0.4, 0.5) is 5.95 Å². The predicted molar refractivity (Wildman–Crippen MR) is 69.9 cm³/mol. The Balaban J connectivity index is 2.01. The number of aryl methyl sites for hydroxylation is 1. The molecular weight excluding hydrogens is 230 g/mol. The van der Waals surface area contributed by atoms with Crippen molar-refractivity contribution in [3.8, 4) is 5.88 Å². The van der Waals surface area contributed by atoms with E-state index in [2.05, 4.69) is 22.2 Å². The van der Waals surface area contributed by atoms with Crippen molar-refractivity contribution in [1.29, 1.82) is 0 Å². The van der Waals surface area contributed by atoms with Gasteiger partial charge in [-0.1, -0.05) is 0 Å². The van der Waals surface area contributed by atoms with E-state index in [9.17, 15) is 0 Å². The Hall–Kier alpha value is -1.36. The van der Waals surface area contributed by atoms with Crippen LogP contribution in [0.15, 0.2) is 6.07 Å².